The number of halogens is 2. The van der Waals surface area contributed by atoms with Gasteiger partial charge < -0.3 is 9.84 Å². The lowest BCUT2D eigenvalue weighted by atomic mass is 9.97. The van der Waals surface area contributed by atoms with E-state index in [9.17, 15) is 4.79 Å². The van der Waals surface area contributed by atoms with Gasteiger partial charge in [0.05, 0.1) is 41.4 Å². The molecule has 0 atom stereocenters. The summed E-state index contributed by atoms with van der Waals surface area (Å²) in [6.45, 7) is 1.28. The van der Waals surface area contributed by atoms with Crippen molar-refractivity contribution in [1.82, 2.24) is 9.61 Å². The van der Waals surface area contributed by atoms with E-state index in [0.29, 0.717) is 28.8 Å². The molecule has 0 saturated heterocycles. The maximum absolute atomic E-state index is 11.1. The van der Waals surface area contributed by atoms with Gasteiger partial charge in [0.15, 0.2) is 0 Å². The van der Waals surface area contributed by atoms with Gasteiger partial charge in [-0.25, -0.2) is 4.52 Å². The molecule has 0 bridgehead atoms. The van der Waals surface area contributed by atoms with Crippen molar-refractivity contribution in [2.75, 3.05) is 13.2 Å². The zero-order valence-corrected chi connectivity index (χ0v) is 15.8. The highest BCUT2D eigenvalue weighted by Gasteiger charge is 2.16. The first-order valence-electron chi connectivity index (χ1n) is 8.47. The topological polar surface area (TPSA) is 63.8 Å². The Labute approximate surface area is 165 Å². The van der Waals surface area contributed by atoms with Gasteiger partial charge in [-0.15, -0.1) is 0 Å². The Morgan fingerprint density at radius 3 is 2.67 bits per heavy atom. The Bertz CT molecular complexity index is 1050. The van der Waals surface area contributed by atoms with Crippen LogP contribution in [0.1, 0.15) is 17.5 Å². The van der Waals surface area contributed by atoms with E-state index in [1.54, 1.807) is 16.9 Å². The van der Waals surface area contributed by atoms with Crippen molar-refractivity contribution in [3.05, 3.63) is 63.9 Å². The minimum Gasteiger partial charge on any atom is -0.481 e. The van der Waals surface area contributed by atoms with Crippen molar-refractivity contribution < 1.29 is 14.6 Å². The number of aromatic nitrogens is 2. The lowest BCUT2D eigenvalue weighted by Crippen LogP contribution is -2.03. The summed E-state index contributed by atoms with van der Waals surface area (Å²) in [6.07, 6.45) is 6.12. The Morgan fingerprint density at radius 2 is 2.00 bits per heavy atom. The maximum Gasteiger partial charge on any atom is 0.307 e. The van der Waals surface area contributed by atoms with Crippen molar-refractivity contribution in [2.24, 2.45) is 0 Å². The van der Waals surface area contributed by atoms with Crippen LogP contribution in [0.15, 0.2) is 42.7 Å². The molecule has 4 rings (SSSR count). The summed E-state index contributed by atoms with van der Waals surface area (Å²) >= 11 is 13.2. The summed E-state index contributed by atoms with van der Waals surface area (Å²) in [6, 6.07) is 7.56. The first-order chi connectivity index (χ1) is 13.0. The highest BCUT2D eigenvalue weighted by Crippen LogP contribution is 2.38. The standard InChI is InChI=1S/C20H16Cl2N2O3/c21-16-7-14(12-2-5-27-6-3-12)8-17(22)20(16)13-1-4-24-18(9-13)15(11-23-24)10-19(25)26/h1-2,4,7-9,11H,3,5-6,10H2,(H,25,26). The molecule has 138 valence electrons. The van der Waals surface area contributed by atoms with E-state index >= 15 is 0 Å². The van der Waals surface area contributed by atoms with Gasteiger partial charge in [0.1, 0.15) is 0 Å². The summed E-state index contributed by atoms with van der Waals surface area (Å²) in [4.78, 5) is 11.1. The molecule has 0 aliphatic carbocycles. The summed E-state index contributed by atoms with van der Waals surface area (Å²) < 4.78 is 7.00. The molecule has 0 amide bonds. The molecule has 27 heavy (non-hydrogen) atoms. The molecule has 0 fully saturated rings. The van der Waals surface area contributed by atoms with E-state index in [4.69, 9.17) is 33.0 Å². The molecule has 5 nitrogen and oxygen atoms in total. The predicted molar refractivity (Wildman–Crippen MR) is 105 cm³/mol. The van der Waals surface area contributed by atoms with Gasteiger partial charge in [-0.05, 0) is 47.4 Å². The first-order valence-corrected chi connectivity index (χ1v) is 9.23. The summed E-state index contributed by atoms with van der Waals surface area (Å²) in [5, 5.41) is 14.4. The number of benzene rings is 1. The van der Waals surface area contributed by atoms with E-state index in [2.05, 4.69) is 5.10 Å². The Kier molecular flexibility index (Phi) is 4.91. The number of pyridine rings is 1. The molecular formula is C20H16Cl2N2O3. The van der Waals surface area contributed by atoms with Crippen molar-refractivity contribution >= 4 is 40.3 Å². The van der Waals surface area contributed by atoms with Gasteiger partial charge in [-0.1, -0.05) is 29.3 Å². The van der Waals surface area contributed by atoms with Crippen LogP contribution in [0.4, 0.5) is 0 Å². The summed E-state index contributed by atoms with van der Waals surface area (Å²) in [7, 11) is 0. The molecule has 0 unspecified atom stereocenters. The van der Waals surface area contributed by atoms with E-state index in [1.807, 2.05) is 30.3 Å². The molecule has 1 N–H and O–H groups in total. The van der Waals surface area contributed by atoms with Crippen LogP contribution < -0.4 is 0 Å². The highest BCUT2D eigenvalue weighted by molar-refractivity contribution is 6.39. The van der Waals surface area contributed by atoms with Crippen molar-refractivity contribution in [3.8, 4) is 11.1 Å². The molecule has 0 spiro atoms. The normalized spacial score (nSPS) is 14.4. The zero-order valence-electron chi connectivity index (χ0n) is 14.3. The van der Waals surface area contributed by atoms with E-state index in [1.165, 1.54) is 5.57 Å². The number of carbonyl (C=O) groups is 1. The van der Waals surface area contributed by atoms with Gasteiger partial charge in [0.2, 0.25) is 0 Å². The van der Waals surface area contributed by atoms with Crippen molar-refractivity contribution in [1.29, 1.82) is 0 Å². The van der Waals surface area contributed by atoms with Gasteiger partial charge in [-0.3, -0.25) is 4.79 Å². The number of ether oxygens (including phenoxy) is 1. The molecule has 0 saturated carbocycles. The minimum atomic E-state index is -0.902. The van der Waals surface area contributed by atoms with Gasteiger partial charge >= 0.3 is 5.97 Å². The number of fused-ring (bicyclic) bond motifs is 1. The van der Waals surface area contributed by atoms with E-state index in [-0.39, 0.29) is 6.42 Å². The average Bonchev–Trinajstić information content (AvgIpc) is 3.03. The Morgan fingerprint density at radius 1 is 1.22 bits per heavy atom. The van der Waals surface area contributed by atoms with Crippen LogP contribution in [0.5, 0.6) is 0 Å². The third-order valence-corrected chi connectivity index (χ3v) is 5.20. The zero-order chi connectivity index (χ0) is 19.0. The molecule has 1 aromatic carbocycles. The SMILES string of the molecule is O=C(O)Cc1cnn2ccc(-c3c(Cl)cc(C4=CCOCC4)cc3Cl)cc12. The Hall–Kier alpha value is -2.34. The van der Waals surface area contributed by atoms with Crippen LogP contribution in [0.3, 0.4) is 0 Å². The predicted octanol–water partition coefficient (Wildman–Crippen LogP) is 4.74. The lowest BCUT2D eigenvalue weighted by Gasteiger charge is -2.16. The quantitative estimate of drug-likeness (QED) is 0.684. The van der Waals surface area contributed by atoms with Crippen LogP contribution in [0.2, 0.25) is 10.0 Å². The first kappa shape index (κ1) is 18.0. The fourth-order valence-corrected chi connectivity index (χ4v) is 4.01. The number of hydrogen-bond acceptors (Lipinski definition) is 3. The average molecular weight is 403 g/mol. The maximum atomic E-state index is 11.1. The molecule has 1 aliphatic rings. The van der Waals surface area contributed by atoms with Crippen LogP contribution in [-0.2, 0) is 16.0 Å². The number of hydrogen-bond donors (Lipinski definition) is 1. The fourth-order valence-electron chi connectivity index (χ4n) is 3.31. The fraction of sp³-hybridized carbons (Fsp3) is 0.200. The number of carboxylic acids is 1. The van der Waals surface area contributed by atoms with Crippen LogP contribution in [0.25, 0.3) is 22.2 Å². The minimum absolute atomic E-state index is 0.0937. The van der Waals surface area contributed by atoms with Crippen molar-refractivity contribution in [2.45, 2.75) is 12.8 Å². The second-order valence-electron chi connectivity index (χ2n) is 6.35. The third kappa shape index (κ3) is 3.58. The van der Waals surface area contributed by atoms with Crippen molar-refractivity contribution in [3.63, 3.8) is 0 Å². The third-order valence-electron chi connectivity index (χ3n) is 4.61. The lowest BCUT2D eigenvalue weighted by molar-refractivity contribution is -0.136. The summed E-state index contributed by atoms with van der Waals surface area (Å²) in [5.74, 6) is -0.902. The molecule has 0 radical (unpaired) electrons. The number of rotatable bonds is 4. The molecule has 7 heteroatoms. The van der Waals surface area contributed by atoms with E-state index in [0.717, 1.165) is 28.6 Å². The van der Waals surface area contributed by atoms with Crippen LogP contribution in [-0.4, -0.2) is 33.9 Å². The van der Waals surface area contributed by atoms with Gasteiger partial charge in [-0.2, -0.15) is 5.10 Å². The summed E-state index contributed by atoms with van der Waals surface area (Å²) in [5.41, 5.74) is 5.07. The van der Waals surface area contributed by atoms with Crippen LogP contribution >= 0.6 is 23.2 Å². The second-order valence-corrected chi connectivity index (χ2v) is 7.17. The van der Waals surface area contributed by atoms with Crippen LogP contribution in [0, 0.1) is 0 Å². The molecule has 1 aliphatic heterocycles. The molecular weight excluding hydrogens is 387 g/mol. The van der Waals surface area contributed by atoms with E-state index < -0.39 is 5.97 Å². The highest BCUT2D eigenvalue weighted by atomic mass is 35.5. The Balaban J connectivity index is 1.78. The smallest absolute Gasteiger partial charge is 0.307 e. The molecule has 2 aromatic heterocycles. The largest absolute Gasteiger partial charge is 0.481 e. The van der Waals surface area contributed by atoms with Gasteiger partial charge in [0, 0.05) is 17.3 Å². The molecule has 3 heterocycles. The number of carboxylic acid groups (broad SMARTS) is 1. The monoisotopic (exact) mass is 402 g/mol. The molecule has 3 aromatic rings. The van der Waals surface area contributed by atoms with Gasteiger partial charge in [0.25, 0.3) is 0 Å². The number of nitrogens with zero attached hydrogens (tertiary/aromatic N) is 2. The number of aliphatic carboxylic acids is 1. The second kappa shape index (κ2) is 7.35.